The molecule has 1 aliphatic rings. The lowest BCUT2D eigenvalue weighted by atomic mass is 10.2. The van der Waals surface area contributed by atoms with Crippen LogP contribution in [0.5, 0.6) is 0 Å². The molecule has 0 unspecified atom stereocenters. The summed E-state index contributed by atoms with van der Waals surface area (Å²) in [5, 5.41) is 1.86. The third kappa shape index (κ3) is 2.06. The second-order valence-corrected chi connectivity index (χ2v) is 3.76. The molecule has 86 valence electrons. The van der Waals surface area contributed by atoms with Crippen LogP contribution in [-0.2, 0) is 4.79 Å². The van der Waals surface area contributed by atoms with Crippen molar-refractivity contribution in [2.24, 2.45) is 5.73 Å². The molecule has 2 rings (SSSR count). The minimum Gasteiger partial charge on any atom is -0.459 e. The summed E-state index contributed by atoms with van der Waals surface area (Å²) in [7, 11) is 0. The fraction of sp³-hybridized carbons (Fsp3) is 0.400. The molecule has 1 fully saturated rings. The number of rotatable bonds is 2. The average Bonchev–Trinajstić information content (AvgIpc) is 2.81. The van der Waals surface area contributed by atoms with Crippen LogP contribution in [0.4, 0.5) is 0 Å². The van der Waals surface area contributed by atoms with Crippen molar-refractivity contribution in [3.05, 3.63) is 24.2 Å². The molecule has 0 radical (unpaired) electrons. The zero-order chi connectivity index (χ0) is 11.5. The Labute approximate surface area is 92.4 Å². The van der Waals surface area contributed by atoms with Crippen molar-refractivity contribution in [1.29, 1.82) is 0 Å². The zero-order valence-corrected chi connectivity index (χ0v) is 8.76. The normalized spacial score (nSPS) is 20.8. The van der Waals surface area contributed by atoms with E-state index in [0.717, 1.165) is 0 Å². The van der Waals surface area contributed by atoms with Gasteiger partial charge >= 0.3 is 0 Å². The van der Waals surface area contributed by atoms with Crippen LogP contribution < -0.4 is 11.1 Å². The maximum atomic E-state index is 11.9. The Balaban J connectivity index is 2.05. The van der Waals surface area contributed by atoms with Crippen LogP contribution in [0.25, 0.3) is 0 Å². The number of hydrogen-bond acceptors (Lipinski definition) is 3. The highest BCUT2D eigenvalue weighted by Gasteiger charge is 2.31. The minimum absolute atomic E-state index is 0.190. The predicted octanol–water partition coefficient (Wildman–Crippen LogP) is -1.85. The third-order valence-corrected chi connectivity index (χ3v) is 2.65. The lowest BCUT2D eigenvalue weighted by Gasteiger charge is -2.28. The Bertz CT molecular complexity index is 388. The number of carbonyl (C=O) groups excluding carboxylic acids is 2. The van der Waals surface area contributed by atoms with Crippen molar-refractivity contribution in [2.75, 3.05) is 19.6 Å². The number of carbonyl (C=O) groups is 2. The first kappa shape index (κ1) is 10.7. The standard InChI is InChI=1S/C10H13N3O3/c11-9(14)7-6-13(4-3-12-7)10(15)8-2-1-5-16-8/h1-2,5,7,12H,3-4,6H2,(H2,11,14)/p+1/t7-/m1/s1. The second-order valence-electron chi connectivity index (χ2n) is 3.76. The molecular formula is C10H14N3O3+. The van der Waals surface area contributed by atoms with E-state index in [1.54, 1.807) is 17.0 Å². The molecule has 1 saturated heterocycles. The Morgan fingerprint density at radius 1 is 1.56 bits per heavy atom. The summed E-state index contributed by atoms with van der Waals surface area (Å²) in [5.74, 6) is -0.286. The predicted molar refractivity (Wildman–Crippen MR) is 54.4 cm³/mol. The number of amides is 2. The molecule has 0 saturated carbocycles. The average molecular weight is 224 g/mol. The van der Waals surface area contributed by atoms with Gasteiger partial charge in [0.1, 0.15) is 0 Å². The topological polar surface area (TPSA) is 93.2 Å². The Hall–Kier alpha value is -1.82. The zero-order valence-electron chi connectivity index (χ0n) is 8.76. The monoisotopic (exact) mass is 224 g/mol. The van der Waals surface area contributed by atoms with Crippen molar-refractivity contribution in [3.63, 3.8) is 0 Å². The third-order valence-electron chi connectivity index (χ3n) is 2.65. The maximum Gasteiger partial charge on any atom is 0.289 e. The van der Waals surface area contributed by atoms with E-state index in [9.17, 15) is 9.59 Å². The first-order valence-electron chi connectivity index (χ1n) is 5.14. The van der Waals surface area contributed by atoms with E-state index in [1.807, 2.05) is 5.32 Å². The number of hydrogen-bond donors (Lipinski definition) is 2. The molecule has 1 aromatic heterocycles. The minimum atomic E-state index is -0.392. The molecule has 6 heteroatoms. The molecule has 0 aromatic carbocycles. The lowest BCUT2D eigenvalue weighted by molar-refractivity contribution is -0.683. The number of quaternary nitrogens is 1. The van der Waals surface area contributed by atoms with E-state index in [2.05, 4.69) is 0 Å². The van der Waals surface area contributed by atoms with Gasteiger partial charge in [0.05, 0.1) is 25.9 Å². The number of furan rings is 1. The van der Waals surface area contributed by atoms with E-state index in [1.165, 1.54) is 6.26 Å². The summed E-state index contributed by atoms with van der Waals surface area (Å²) in [4.78, 5) is 24.5. The highest BCUT2D eigenvalue weighted by molar-refractivity contribution is 5.92. The Morgan fingerprint density at radius 3 is 3.00 bits per heavy atom. The highest BCUT2D eigenvalue weighted by Crippen LogP contribution is 2.06. The van der Waals surface area contributed by atoms with Gasteiger partial charge in [-0.15, -0.1) is 0 Å². The molecular weight excluding hydrogens is 210 g/mol. The summed E-state index contributed by atoms with van der Waals surface area (Å²) < 4.78 is 5.03. The molecule has 1 atom stereocenters. The van der Waals surface area contributed by atoms with Crippen molar-refractivity contribution < 1.29 is 19.3 Å². The second kappa shape index (κ2) is 4.36. The molecule has 1 aliphatic heterocycles. The molecule has 0 bridgehead atoms. The van der Waals surface area contributed by atoms with Crippen LogP contribution >= 0.6 is 0 Å². The first-order valence-corrected chi connectivity index (χ1v) is 5.14. The number of piperazine rings is 1. The van der Waals surface area contributed by atoms with Gasteiger partial charge in [-0.3, -0.25) is 9.59 Å². The van der Waals surface area contributed by atoms with Gasteiger partial charge in [-0.1, -0.05) is 0 Å². The van der Waals surface area contributed by atoms with Gasteiger partial charge < -0.3 is 20.4 Å². The van der Waals surface area contributed by atoms with Gasteiger partial charge in [-0.05, 0) is 12.1 Å². The van der Waals surface area contributed by atoms with Crippen LogP contribution in [0.2, 0.25) is 0 Å². The summed E-state index contributed by atoms with van der Waals surface area (Å²) in [6.07, 6.45) is 1.45. The molecule has 0 spiro atoms. The van der Waals surface area contributed by atoms with Crippen molar-refractivity contribution in [1.82, 2.24) is 4.90 Å². The van der Waals surface area contributed by atoms with Crippen LogP contribution in [-0.4, -0.2) is 42.4 Å². The molecule has 2 heterocycles. The smallest absolute Gasteiger partial charge is 0.289 e. The van der Waals surface area contributed by atoms with Crippen molar-refractivity contribution in [2.45, 2.75) is 6.04 Å². The fourth-order valence-corrected chi connectivity index (χ4v) is 1.78. The van der Waals surface area contributed by atoms with Gasteiger partial charge in [0.2, 0.25) is 0 Å². The largest absolute Gasteiger partial charge is 0.459 e. The molecule has 6 nitrogen and oxygen atoms in total. The Kier molecular flexibility index (Phi) is 2.91. The quantitative estimate of drug-likeness (QED) is 0.617. The van der Waals surface area contributed by atoms with Crippen LogP contribution in [0, 0.1) is 0 Å². The number of primary amides is 1. The van der Waals surface area contributed by atoms with Gasteiger partial charge in [-0.2, -0.15) is 0 Å². The van der Waals surface area contributed by atoms with Crippen LogP contribution in [0.3, 0.4) is 0 Å². The van der Waals surface area contributed by atoms with E-state index < -0.39 is 5.91 Å². The summed E-state index contributed by atoms with van der Waals surface area (Å²) in [6.45, 7) is 1.62. The van der Waals surface area contributed by atoms with Gasteiger partial charge in [0, 0.05) is 0 Å². The molecule has 16 heavy (non-hydrogen) atoms. The summed E-state index contributed by atoms with van der Waals surface area (Å²) in [5.41, 5.74) is 5.22. The molecule has 0 aliphatic carbocycles. The van der Waals surface area contributed by atoms with Crippen molar-refractivity contribution >= 4 is 11.8 Å². The molecule has 1 aromatic rings. The number of nitrogens with zero attached hydrogens (tertiary/aromatic N) is 1. The maximum absolute atomic E-state index is 11.9. The Morgan fingerprint density at radius 2 is 2.38 bits per heavy atom. The lowest BCUT2D eigenvalue weighted by Crippen LogP contribution is -2.97. The SMILES string of the molecule is NC(=O)[C@H]1CN(C(=O)c2ccco2)CC[NH2+]1. The van der Waals surface area contributed by atoms with Gasteiger partial charge in [-0.25, -0.2) is 0 Å². The highest BCUT2D eigenvalue weighted by atomic mass is 16.3. The van der Waals surface area contributed by atoms with Crippen LogP contribution in [0.15, 0.2) is 22.8 Å². The van der Waals surface area contributed by atoms with E-state index in [-0.39, 0.29) is 11.9 Å². The van der Waals surface area contributed by atoms with E-state index in [0.29, 0.717) is 25.4 Å². The summed E-state index contributed by atoms with van der Waals surface area (Å²) >= 11 is 0. The number of nitrogens with two attached hydrogens (primary N) is 2. The first-order chi connectivity index (χ1) is 7.68. The van der Waals surface area contributed by atoms with E-state index >= 15 is 0 Å². The van der Waals surface area contributed by atoms with Crippen molar-refractivity contribution in [3.8, 4) is 0 Å². The van der Waals surface area contributed by atoms with E-state index in [4.69, 9.17) is 10.2 Å². The molecule has 4 N–H and O–H groups in total. The fourth-order valence-electron chi connectivity index (χ4n) is 1.78. The van der Waals surface area contributed by atoms with Gasteiger partial charge in [0.15, 0.2) is 11.8 Å². The van der Waals surface area contributed by atoms with Crippen LogP contribution in [0.1, 0.15) is 10.6 Å². The summed E-state index contributed by atoms with van der Waals surface area (Å²) in [6, 6.07) is 2.92. The molecule has 2 amide bonds. The van der Waals surface area contributed by atoms with Gasteiger partial charge in [0.25, 0.3) is 11.8 Å².